The van der Waals surface area contributed by atoms with E-state index in [9.17, 15) is 112 Å². The van der Waals surface area contributed by atoms with Gasteiger partial charge in [0, 0.05) is 0 Å². The van der Waals surface area contributed by atoms with E-state index >= 15 is 0 Å². The zero-order valence-corrected chi connectivity index (χ0v) is 39.6. The Hall–Kier alpha value is -1.85. The average Bonchev–Trinajstić information content (AvgIpc) is 3.41. The van der Waals surface area contributed by atoms with Crippen molar-refractivity contribution in [2.75, 3.05) is 46.2 Å². The molecule has 22 aliphatic heterocycles. The molecule has 0 radical (unpaired) electrons. The van der Waals surface area contributed by atoms with Gasteiger partial charge in [-0.3, -0.25) is 0 Å². The molecule has 442 valence electrons. The summed E-state index contributed by atoms with van der Waals surface area (Å²) >= 11 is 0. The van der Waals surface area contributed by atoms with Crippen LogP contribution in [0.2, 0.25) is 0 Å². The van der Waals surface area contributed by atoms with Crippen LogP contribution in [-0.2, 0) is 66.4 Å². The largest absolute Gasteiger partial charge is 0.455 e. The third-order valence-corrected chi connectivity index (χ3v) is 14.0. The third kappa shape index (κ3) is 12.3. The number of ether oxygens (including phenoxy) is 13. The second-order valence-corrected chi connectivity index (χ2v) is 18.9. The lowest BCUT2D eigenvalue weighted by molar-refractivity contribution is -0.404. The number of aliphatic hydroxyl groups excluding tert-OH is 21. The van der Waals surface area contributed by atoms with Gasteiger partial charge in [0.25, 0.3) is 0 Å². The first-order valence-corrected chi connectivity index (χ1v) is 23.9. The van der Waals surface area contributed by atoms with Crippen LogP contribution in [0.3, 0.4) is 0 Å². The first-order chi connectivity index (χ1) is 36.1. The summed E-state index contributed by atoms with van der Waals surface area (Å²) in [5.74, 6) is -1.87. The van der Waals surface area contributed by atoms with Crippen molar-refractivity contribution in [3.8, 4) is 0 Å². The maximum Gasteiger partial charge on any atom is 0.338 e. The highest BCUT2D eigenvalue weighted by Crippen LogP contribution is 2.38. The summed E-state index contributed by atoms with van der Waals surface area (Å²) in [6.07, 6.45) is -70.1. The van der Waals surface area contributed by atoms with E-state index in [0.717, 1.165) is 0 Å². The molecule has 22 heterocycles. The lowest BCUT2D eigenvalue weighted by Gasteiger charge is -2.51. The van der Waals surface area contributed by atoms with E-state index in [2.05, 4.69) is 0 Å². The van der Waals surface area contributed by atoms with E-state index in [0.29, 0.717) is 0 Å². The minimum atomic E-state index is -2.71. The van der Waals surface area contributed by atoms with Gasteiger partial charge in [-0.2, -0.15) is 0 Å². The zero-order chi connectivity index (χ0) is 55.8. The van der Waals surface area contributed by atoms with Gasteiger partial charge in [0.2, 0.25) is 0 Å². The number of rotatable bonds is 11. The quantitative estimate of drug-likeness (QED) is 0.0854. The molecule has 35 heteroatoms. The van der Waals surface area contributed by atoms with Gasteiger partial charge in [-0.05, 0) is 0 Å². The van der Waals surface area contributed by atoms with Crippen LogP contribution in [0.5, 0.6) is 0 Å². The van der Waals surface area contributed by atoms with Crippen molar-refractivity contribution >= 4 is 5.97 Å². The first-order valence-electron chi connectivity index (χ1n) is 23.9. The molecule has 21 N–H and O–H groups in total. The van der Waals surface area contributed by atoms with Gasteiger partial charge < -0.3 is 169 Å². The smallest absolute Gasteiger partial charge is 0.338 e. The lowest BCUT2D eigenvalue weighted by atomic mass is 9.94. The van der Waals surface area contributed by atoms with Crippen molar-refractivity contribution in [2.24, 2.45) is 0 Å². The third-order valence-electron chi connectivity index (χ3n) is 14.0. The Labute approximate surface area is 428 Å². The Bertz CT molecular complexity index is 1800. The molecule has 0 aromatic rings. The van der Waals surface area contributed by atoms with Crippen molar-refractivity contribution in [3.05, 3.63) is 0 Å². The van der Waals surface area contributed by atoms with Crippen LogP contribution in [0.4, 0.5) is 0 Å². The zero-order valence-electron chi connectivity index (χ0n) is 39.6. The van der Waals surface area contributed by atoms with Gasteiger partial charge in [-0.25, -0.2) is 4.79 Å². The first kappa shape index (κ1) is 61.8. The number of esters is 1. The van der Waals surface area contributed by atoms with E-state index in [1.54, 1.807) is 0 Å². The van der Waals surface area contributed by atoms with Crippen molar-refractivity contribution < 1.29 is 174 Å². The number of aliphatic hydroxyl groups is 21. The Morgan fingerprint density at radius 2 is 0.553 bits per heavy atom. The predicted molar refractivity (Wildman–Crippen MR) is 225 cm³/mol. The molecule has 0 aromatic heterocycles. The van der Waals surface area contributed by atoms with E-state index in [1.165, 1.54) is 0 Å². The monoisotopic (exact) mass is 1120 g/mol. The molecule has 0 amide bonds. The summed E-state index contributed by atoms with van der Waals surface area (Å²) in [7, 11) is 0. The normalized spacial score (nSPS) is 50.9. The topological polar surface area (TPSA) is 562 Å². The standard InChI is InChI=1S/C41H68O35/c42-1-8(49)15(50)21(56)35(63)70-34-27(62)41-69-14(7-48)33(34)76-40-26(61)20(55)31(12(5-46)68-40)74-38-24(59)18(53)29(10(3-44)66-38)72-36-22(57)16(51)28(9(2-43)64-36)71-37-23(58)17(52)30(11(4-45)65-37)73-39-25(60)19(54)32(75-41)13(6-47)67-39/h8-34,36-62H,1-7H2/t8?,9-,10-,11-,12-,13-,14-,15?,16-,17-,18-,19-,20-,21?,22-,23-,24-,25-,26-,27-,28-,29-,30-,31-,32-,33+,34-,36-,37-,38-,39-,40-,41-/m1/s1. The predicted octanol–water partition coefficient (Wildman–Crippen LogP) is -15.4. The number of hydrogen-bond acceptors (Lipinski definition) is 35. The minimum Gasteiger partial charge on any atom is -0.455 e. The van der Waals surface area contributed by atoms with Crippen molar-refractivity contribution in [1.82, 2.24) is 0 Å². The SMILES string of the molecule is O=C(O[C@@H]1[C@@H](O)[C@H]2O[C@H]3[C@H](O)[C@@H](O)[C@@H](O[C@H]4[C@H](O)[C@@H](O)[C@@H](O[C@H]5[C@H](O)[C@@H](O)[C@@H](O[C@H]6[C@H](O)[C@@H](O)[C@@H](O[C@H]7[C@H](O)[C@@H](O)[C@@H](O[C@H]1[C@@H](CO)O2)O[C@@H]7CO)O[C@@H]6CO)O[C@@H]5CO)O[C@@H]4CO)O[C@@H]3CO)C(O)C(O)C(O)CO. The van der Waals surface area contributed by atoms with Crippen molar-refractivity contribution in [2.45, 2.75) is 203 Å². The molecule has 0 saturated carbocycles. The molecule has 0 spiro atoms. The molecule has 22 rings (SSSR count). The van der Waals surface area contributed by atoms with Crippen LogP contribution in [0, 0.1) is 0 Å². The van der Waals surface area contributed by atoms with Crippen molar-refractivity contribution in [1.29, 1.82) is 0 Å². The molecule has 22 fully saturated rings. The fraction of sp³-hybridized carbons (Fsp3) is 0.976. The molecule has 0 aliphatic carbocycles. The fourth-order valence-electron chi connectivity index (χ4n) is 9.71. The minimum absolute atomic E-state index is 1.04. The van der Waals surface area contributed by atoms with Crippen molar-refractivity contribution in [3.63, 3.8) is 0 Å². The Morgan fingerprint density at radius 3 is 0.789 bits per heavy atom. The second-order valence-electron chi connectivity index (χ2n) is 18.9. The maximum atomic E-state index is 13.3. The van der Waals surface area contributed by atoms with Gasteiger partial charge in [0.1, 0.15) is 153 Å². The van der Waals surface area contributed by atoms with Gasteiger partial charge >= 0.3 is 5.97 Å². The number of hydrogen-bond donors (Lipinski definition) is 21. The highest BCUT2D eigenvalue weighted by Gasteiger charge is 2.59. The highest BCUT2D eigenvalue weighted by atomic mass is 16.8. The summed E-state index contributed by atoms with van der Waals surface area (Å²) in [5.41, 5.74) is 0. The molecule has 3 unspecified atom stereocenters. The molecule has 12 bridgehead atoms. The average molecular weight is 1120 g/mol. The molecule has 0 aromatic carbocycles. The summed E-state index contributed by atoms with van der Waals surface area (Å²) in [6.45, 7) is -7.84. The highest BCUT2D eigenvalue weighted by molar-refractivity contribution is 5.75. The molecule has 22 aliphatic rings. The molecule has 22 saturated heterocycles. The summed E-state index contributed by atoms with van der Waals surface area (Å²) in [5, 5.41) is 228. The summed E-state index contributed by atoms with van der Waals surface area (Å²) in [4.78, 5) is 13.3. The second kappa shape index (κ2) is 26.4. The van der Waals surface area contributed by atoms with Crippen LogP contribution in [-0.4, -0.2) is 362 Å². The summed E-state index contributed by atoms with van der Waals surface area (Å²) < 4.78 is 73.6. The Balaban J connectivity index is 1.24. The van der Waals surface area contributed by atoms with Crippen LogP contribution >= 0.6 is 0 Å². The number of carbonyl (C=O) groups excluding carboxylic acids is 1. The summed E-state index contributed by atoms with van der Waals surface area (Å²) in [6, 6.07) is 0. The molecular formula is C41H68O35. The van der Waals surface area contributed by atoms with E-state index < -0.39 is 255 Å². The molecular weight excluding hydrogens is 1050 g/mol. The van der Waals surface area contributed by atoms with Gasteiger partial charge in [0.15, 0.2) is 49.9 Å². The van der Waals surface area contributed by atoms with Crippen LogP contribution in [0.25, 0.3) is 0 Å². The maximum absolute atomic E-state index is 13.3. The van der Waals surface area contributed by atoms with Crippen LogP contribution in [0.1, 0.15) is 0 Å². The molecule has 35 nitrogen and oxygen atoms in total. The van der Waals surface area contributed by atoms with E-state index in [-0.39, 0.29) is 0 Å². The van der Waals surface area contributed by atoms with Crippen LogP contribution < -0.4 is 0 Å². The van der Waals surface area contributed by atoms with Crippen LogP contribution in [0.15, 0.2) is 0 Å². The van der Waals surface area contributed by atoms with Gasteiger partial charge in [-0.15, -0.1) is 0 Å². The Kier molecular flexibility index (Phi) is 21.4. The van der Waals surface area contributed by atoms with E-state index in [1.807, 2.05) is 0 Å². The lowest BCUT2D eigenvalue weighted by Crippen LogP contribution is -2.69. The molecule has 33 atom stereocenters. The Morgan fingerprint density at radius 1 is 0.329 bits per heavy atom. The van der Waals surface area contributed by atoms with Gasteiger partial charge in [-0.1, -0.05) is 0 Å². The van der Waals surface area contributed by atoms with Gasteiger partial charge in [0.05, 0.1) is 46.2 Å². The van der Waals surface area contributed by atoms with E-state index in [4.69, 9.17) is 61.6 Å². The fourth-order valence-corrected chi connectivity index (χ4v) is 9.71. The molecule has 76 heavy (non-hydrogen) atoms. The number of carbonyl (C=O) groups is 1.